The number of nitrogens with zero attached hydrogens (tertiary/aromatic N) is 2. The summed E-state index contributed by atoms with van der Waals surface area (Å²) >= 11 is 0. The first kappa shape index (κ1) is 22.9. The number of benzene rings is 1. The van der Waals surface area contributed by atoms with Crippen molar-refractivity contribution in [2.75, 3.05) is 37.8 Å². The van der Waals surface area contributed by atoms with Crippen molar-refractivity contribution in [1.82, 2.24) is 10.6 Å². The van der Waals surface area contributed by atoms with Crippen LogP contribution in [0.25, 0.3) is 0 Å². The molecule has 0 aromatic heterocycles. The van der Waals surface area contributed by atoms with E-state index in [0.717, 1.165) is 37.8 Å². The zero-order valence-corrected chi connectivity index (χ0v) is 18.1. The lowest BCUT2D eigenvalue weighted by molar-refractivity contribution is -0.384. The van der Waals surface area contributed by atoms with Crippen LogP contribution in [0.4, 0.5) is 11.4 Å². The van der Waals surface area contributed by atoms with E-state index in [9.17, 15) is 18.5 Å². The maximum atomic E-state index is 11.6. The third-order valence-electron chi connectivity index (χ3n) is 5.41. The van der Waals surface area contributed by atoms with Crippen LogP contribution in [0, 0.1) is 15.5 Å². The van der Waals surface area contributed by atoms with Gasteiger partial charge in [0, 0.05) is 38.5 Å². The second kappa shape index (κ2) is 9.91. The number of nitro benzene ring substituents is 1. The van der Waals surface area contributed by atoms with Gasteiger partial charge in [-0.3, -0.25) is 15.1 Å². The Morgan fingerprint density at radius 3 is 2.48 bits per heavy atom. The Morgan fingerprint density at radius 2 is 1.97 bits per heavy atom. The molecule has 162 valence electrons. The van der Waals surface area contributed by atoms with Gasteiger partial charge in [0.1, 0.15) is 5.69 Å². The molecule has 0 aliphatic heterocycles. The topological polar surface area (TPSA) is 126 Å². The minimum absolute atomic E-state index is 0.0738. The highest BCUT2D eigenvalue weighted by atomic mass is 32.2. The van der Waals surface area contributed by atoms with E-state index >= 15 is 0 Å². The normalized spacial score (nSPS) is 16.0. The zero-order chi connectivity index (χ0) is 21.5. The maximum Gasteiger partial charge on any atom is 0.293 e. The number of rotatable bonds is 10. The Kier molecular flexibility index (Phi) is 7.83. The highest BCUT2D eigenvalue weighted by Gasteiger charge is 2.34. The van der Waals surface area contributed by atoms with E-state index in [-0.39, 0.29) is 16.3 Å². The van der Waals surface area contributed by atoms with Gasteiger partial charge in [-0.15, -0.1) is 0 Å². The van der Waals surface area contributed by atoms with E-state index in [1.165, 1.54) is 31.4 Å². The number of sulfone groups is 1. The van der Waals surface area contributed by atoms with Gasteiger partial charge >= 0.3 is 0 Å². The van der Waals surface area contributed by atoms with Crippen LogP contribution in [0.3, 0.4) is 0 Å². The van der Waals surface area contributed by atoms with Crippen LogP contribution in [0.5, 0.6) is 0 Å². The third-order valence-corrected chi connectivity index (χ3v) is 6.52. The minimum atomic E-state index is -3.51. The van der Waals surface area contributed by atoms with Crippen molar-refractivity contribution in [3.8, 4) is 0 Å². The van der Waals surface area contributed by atoms with Crippen molar-refractivity contribution >= 4 is 27.2 Å². The molecule has 0 radical (unpaired) electrons. The van der Waals surface area contributed by atoms with Gasteiger partial charge in [0.2, 0.25) is 0 Å². The highest BCUT2D eigenvalue weighted by molar-refractivity contribution is 7.90. The second-order valence-corrected chi connectivity index (χ2v) is 9.48. The van der Waals surface area contributed by atoms with Gasteiger partial charge in [-0.25, -0.2) is 8.42 Å². The molecule has 29 heavy (non-hydrogen) atoms. The summed E-state index contributed by atoms with van der Waals surface area (Å²) in [5, 5.41) is 20.7. The number of aliphatic imine (C=N–C) groups is 1. The van der Waals surface area contributed by atoms with E-state index in [1.807, 2.05) is 6.92 Å². The van der Waals surface area contributed by atoms with Gasteiger partial charge in [-0.1, -0.05) is 13.3 Å². The average molecular weight is 426 g/mol. The van der Waals surface area contributed by atoms with Crippen molar-refractivity contribution in [2.24, 2.45) is 10.4 Å². The maximum absolute atomic E-state index is 11.6. The molecule has 0 spiro atoms. The molecule has 0 atom stereocenters. The fraction of sp³-hybridized carbons (Fsp3) is 0.632. The monoisotopic (exact) mass is 425 g/mol. The van der Waals surface area contributed by atoms with Crippen LogP contribution in [0.1, 0.15) is 39.5 Å². The van der Waals surface area contributed by atoms with E-state index < -0.39 is 14.8 Å². The molecule has 3 N–H and O–H groups in total. The van der Waals surface area contributed by atoms with Crippen LogP contribution < -0.4 is 16.0 Å². The molecule has 2 rings (SSSR count). The predicted molar refractivity (Wildman–Crippen MR) is 115 cm³/mol. The Bertz CT molecular complexity index is 845. The smallest absolute Gasteiger partial charge is 0.293 e. The molecule has 1 aliphatic rings. The van der Waals surface area contributed by atoms with Gasteiger partial charge < -0.3 is 16.0 Å². The summed E-state index contributed by atoms with van der Waals surface area (Å²) in [6.45, 7) is 6.68. The van der Waals surface area contributed by atoms with Crippen molar-refractivity contribution in [2.45, 2.75) is 44.4 Å². The van der Waals surface area contributed by atoms with Gasteiger partial charge in [-0.2, -0.15) is 0 Å². The molecule has 1 saturated carbocycles. The summed E-state index contributed by atoms with van der Waals surface area (Å²) in [6.07, 6.45) is 5.87. The molecule has 0 unspecified atom stereocenters. The molecular formula is C19H31N5O4S. The molecule has 1 fully saturated rings. The standard InChI is InChI=1S/C19H31N5O4S/c1-4-19(9-6-10-19)14-23-18(20-5-2)22-12-11-21-16-8-7-15(29(3,27)28)13-17(16)24(25)26/h7-8,13,21H,4-6,9-12,14H2,1-3H3,(H2,20,22,23). The van der Waals surface area contributed by atoms with Crippen LogP contribution in [0.2, 0.25) is 0 Å². The van der Waals surface area contributed by atoms with Gasteiger partial charge in [-0.05, 0) is 43.7 Å². The summed E-state index contributed by atoms with van der Waals surface area (Å²) in [7, 11) is -3.51. The van der Waals surface area contributed by atoms with Crippen molar-refractivity contribution in [3.63, 3.8) is 0 Å². The van der Waals surface area contributed by atoms with E-state index in [2.05, 4.69) is 22.9 Å². The second-order valence-electron chi connectivity index (χ2n) is 7.46. The summed E-state index contributed by atoms with van der Waals surface area (Å²) in [6, 6.07) is 3.88. The van der Waals surface area contributed by atoms with Gasteiger partial charge in [0.25, 0.3) is 5.69 Å². The molecule has 0 saturated heterocycles. The van der Waals surface area contributed by atoms with Crippen molar-refractivity contribution in [3.05, 3.63) is 28.3 Å². The number of hydrogen-bond acceptors (Lipinski definition) is 6. The van der Waals surface area contributed by atoms with Crippen molar-refractivity contribution < 1.29 is 13.3 Å². The molecule has 1 aromatic carbocycles. The third kappa shape index (κ3) is 6.31. The van der Waals surface area contributed by atoms with Gasteiger partial charge in [0.15, 0.2) is 15.8 Å². The zero-order valence-electron chi connectivity index (χ0n) is 17.3. The lowest BCUT2D eigenvalue weighted by Gasteiger charge is -2.40. The summed E-state index contributed by atoms with van der Waals surface area (Å²) in [5.41, 5.74) is 0.358. The first-order chi connectivity index (χ1) is 13.7. The van der Waals surface area contributed by atoms with Crippen LogP contribution in [0.15, 0.2) is 28.1 Å². The molecule has 9 nitrogen and oxygen atoms in total. The molecule has 0 amide bonds. The number of nitrogens with one attached hydrogen (secondary N) is 3. The lowest BCUT2D eigenvalue weighted by atomic mass is 9.67. The first-order valence-corrected chi connectivity index (χ1v) is 11.8. The Labute approximate surface area is 172 Å². The molecular weight excluding hydrogens is 394 g/mol. The Morgan fingerprint density at radius 1 is 1.24 bits per heavy atom. The number of hydrogen-bond donors (Lipinski definition) is 3. The Hall–Kier alpha value is -2.36. The Balaban J connectivity index is 1.95. The fourth-order valence-electron chi connectivity index (χ4n) is 3.31. The van der Waals surface area contributed by atoms with Crippen LogP contribution >= 0.6 is 0 Å². The fourth-order valence-corrected chi connectivity index (χ4v) is 3.95. The SMILES string of the molecule is CCNC(=NCC1(CC)CCC1)NCCNc1ccc(S(C)(=O)=O)cc1[N+](=O)[O-]. The largest absolute Gasteiger partial charge is 0.378 e. The summed E-state index contributed by atoms with van der Waals surface area (Å²) in [5.74, 6) is 0.732. The molecule has 1 aromatic rings. The summed E-state index contributed by atoms with van der Waals surface area (Å²) in [4.78, 5) is 15.3. The highest BCUT2D eigenvalue weighted by Crippen LogP contribution is 2.43. The minimum Gasteiger partial charge on any atom is -0.378 e. The number of guanidine groups is 1. The molecule has 0 heterocycles. The quantitative estimate of drug-likeness (QED) is 0.173. The van der Waals surface area contributed by atoms with Crippen LogP contribution in [-0.2, 0) is 9.84 Å². The molecule has 10 heteroatoms. The predicted octanol–water partition coefficient (Wildman–Crippen LogP) is 2.55. The molecule has 0 bridgehead atoms. The molecule has 1 aliphatic carbocycles. The van der Waals surface area contributed by atoms with E-state index in [1.54, 1.807) is 0 Å². The van der Waals surface area contributed by atoms with Gasteiger partial charge in [0.05, 0.1) is 9.82 Å². The average Bonchev–Trinajstić information content (AvgIpc) is 2.63. The van der Waals surface area contributed by atoms with Crippen LogP contribution in [-0.4, -0.2) is 51.7 Å². The number of nitro groups is 1. The lowest BCUT2D eigenvalue weighted by Crippen LogP contribution is -2.41. The first-order valence-electron chi connectivity index (χ1n) is 9.95. The van der Waals surface area contributed by atoms with Crippen molar-refractivity contribution in [1.29, 1.82) is 0 Å². The van der Waals surface area contributed by atoms with E-state index in [4.69, 9.17) is 4.99 Å². The summed E-state index contributed by atoms with van der Waals surface area (Å²) < 4.78 is 23.2. The van der Waals surface area contributed by atoms with E-state index in [0.29, 0.717) is 18.5 Å². The number of anilines is 1.